The average Bonchev–Trinajstić information content (AvgIpc) is 2.78. The van der Waals surface area contributed by atoms with Gasteiger partial charge in [0.1, 0.15) is 0 Å². The van der Waals surface area contributed by atoms with Gasteiger partial charge in [0.05, 0.1) is 12.0 Å². The molecular weight excluding hydrogens is 208 g/mol. The van der Waals surface area contributed by atoms with Crippen LogP contribution >= 0.6 is 0 Å². The standard InChI is InChI=1S/C15H26N2/c1-3-4-13-7-8-17(11-13)15-9-12(2)5-6-14(15)10-16/h12-15H,3-9,11H2,1-2H3. The zero-order valence-electron chi connectivity index (χ0n) is 11.4. The molecule has 2 rings (SSSR count). The summed E-state index contributed by atoms with van der Waals surface area (Å²) in [6.45, 7) is 7.12. The van der Waals surface area contributed by atoms with Crippen molar-refractivity contribution in [1.29, 1.82) is 5.26 Å². The van der Waals surface area contributed by atoms with E-state index in [0.29, 0.717) is 12.0 Å². The third-order valence-corrected chi connectivity index (χ3v) is 4.73. The first kappa shape index (κ1) is 12.9. The van der Waals surface area contributed by atoms with Gasteiger partial charge in [0.2, 0.25) is 0 Å². The van der Waals surface area contributed by atoms with Crippen LogP contribution in [0.15, 0.2) is 0 Å². The Morgan fingerprint density at radius 2 is 2.12 bits per heavy atom. The molecule has 1 heterocycles. The minimum Gasteiger partial charge on any atom is -0.299 e. The predicted octanol–water partition coefficient (Wildman–Crippen LogP) is 3.44. The first-order chi connectivity index (χ1) is 8.24. The lowest BCUT2D eigenvalue weighted by atomic mass is 9.79. The lowest BCUT2D eigenvalue weighted by Crippen LogP contribution is -2.42. The minimum absolute atomic E-state index is 0.298. The first-order valence-electron chi connectivity index (χ1n) is 7.38. The van der Waals surface area contributed by atoms with Crippen LogP contribution in [0.5, 0.6) is 0 Å². The SMILES string of the molecule is CCCC1CCN(C2CC(C)CCC2C#N)C1. The van der Waals surface area contributed by atoms with Crippen molar-refractivity contribution in [3.05, 3.63) is 0 Å². The molecule has 17 heavy (non-hydrogen) atoms. The Balaban J connectivity index is 1.94. The number of nitriles is 1. The molecule has 1 saturated carbocycles. The van der Waals surface area contributed by atoms with Gasteiger partial charge in [-0.1, -0.05) is 20.3 Å². The summed E-state index contributed by atoms with van der Waals surface area (Å²) < 4.78 is 0. The van der Waals surface area contributed by atoms with Crippen molar-refractivity contribution in [2.24, 2.45) is 17.8 Å². The summed E-state index contributed by atoms with van der Waals surface area (Å²) in [5.41, 5.74) is 0. The fourth-order valence-electron chi connectivity index (χ4n) is 3.71. The number of hydrogen-bond donors (Lipinski definition) is 0. The molecule has 4 atom stereocenters. The van der Waals surface area contributed by atoms with Crippen LogP contribution in [0.2, 0.25) is 0 Å². The van der Waals surface area contributed by atoms with Crippen molar-refractivity contribution in [3.63, 3.8) is 0 Å². The van der Waals surface area contributed by atoms with Crippen LogP contribution in [0.3, 0.4) is 0 Å². The van der Waals surface area contributed by atoms with Gasteiger partial charge in [-0.05, 0) is 50.5 Å². The summed E-state index contributed by atoms with van der Waals surface area (Å²) in [6.07, 6.45) is 7.66. The van der Waals surface area contributed by atoms with Gasteiger partial charge >= 0.3 is 0 Å². The van der Waals surface area contributed by atoms with E-state index >= 15 is 0 Å². The molecule has 2 heteroatoms. The van der Waals surface area contributed by atoms with Crippen LogP contribution in [-0.4, -0.2) is 24.0 Å². The number of hydrogen-bond acceptors (Lipinski definition) is 2. The topological polar surface area (TPSA) is 27.0 Å². The molecular formula is C15H26N2. The second kappa shape index (κ2) is 5.87. The van der Waals surface area contributed by atoms with Gasteiger partial charge in [-0.2, -0.15) is 5.26 Å². The van der Waals surface area contributed by atoms with Crippen LogP contribution < -0.4 is 0 Å². The maximum Gasteiger partial charge on any atom is 0.0672 e. The first-order valence-corrected chi connectivity index (χ1v) is 7.38. The van der Waals surface area contributed by atoms with E-state index in [1.807, 2.05) is 0 Å². The predicted molar refractivity (Wildman–Crippen MR) is 70.5 cm³/mol. The summed E-state index contributed by atoms with van der Waals surface area (Å²) in [5, 5.41) is 9.30. The van der Waals surface area contributed by atoms with Crippen LogP contribution in [0.25, 0.3) is 0 Å². The normalized spacial score (nSPS) is 39.1. The molecule has 0 bridgehead atoms. The number of rotatable bonds is 3. The van der Waals surface area contributed by atoms with E-state index in [0.717, 1.165) is 18.3 Å². The van der Waals surface area contributed by atoms with E-state index in [-0.39, 0.29) is 0 Å². The lowest BCUT2D eigenvalue weighted by molar-refractivity contribution is 0.125. The molecule has 2 fully saturated rings. The highest BCUT2D eigenvalue weighted by Crippen LogP contribution is 2.35. The second-order valence-corrected chi connectivity index (χ2v) is 6.16. The third-order valence-electron chi connectivity index (χ3n) is 4.73. The molecule has 96 valence electrons. The molecule has 4 unspecified atom stereocenters. The average molecular weight is 234 g/mol. The zero-order valence-corrected chi connectivity index (χ0v) is 11.4. The zero-order chi connectivity index (χ0) is 12.3. The highest BCUT2D eigenvalue weighted by atomic mass is 15.2. The molecule has 2 nitrogen and oxygen atoms in total. The summed E-state index contributed by atoms with van der Waals surface area (Å²) in [6, 6.07) is 3.12. The van der Waals surface area contributed by atoms with Gasteiger partial charge in [-0.25, -0.2) is 0 Å². The van der Waals surface area contributed by atoms with Gasteiger partial charge in [-0.15, -0.1) is 0 Å². The van der Waals surface area contributed by atoms with Crippen LogP contribution in [0, 0.1) is 29.1 Å². The Labute approximate surface area is 106 Å². The summed E-state index contributed by atoms with van der Waals surface area (Å²) >= 11 is 0. The third kappa shape index (κ3) is 3.01. The minimum atomic E-state index is 0.298. The van der Waals surface area contributed by atoms with Crippen molar-refractivity contribution in [2.45, 2.75) is 58.4 Å². The molecule has 0 amide bonds. The van der Waals surface area contributed by atoms with Gasteiger partial charge in [0.15, 0.2) is 0 Å². The Morgan fingerprint density at radius 1 is 1.29 bits per heavy atom. The molecule has 0 N–H and O–H groups in total. The molecule has 1 aliphatic heterocycles. The van der Waals surface area contributed by atoms with Crippen molar-refractivity contribution < 1.29 is 0 Å². The Hall–Kier alpha value is -0.550. The van der Waals surface area contributed by atoms with Crippen LogP contribution in [0.1, 0.15) is 52.4 Å². The second-order valence-electron chi connectivity index (χ2n) is 6.16. The monoisotopic (exact) mass is 234 g/mol. The molecule has 0 aromatic rings. The summed E-state index contributed by atoms with van der Waals surface area (Å²) in [4.78, 5) is 2.63. The Morgan fingerprint density at radius 3 is 2.82 bits per heavy atom. The van der Waals surface area contributed by atoms with E-state index in [2.05, 4.69) is 24.8 Å². The van der Waals surface area contributed by atoms with Crippen molar-refractivity contribution in [2.75, 3.05) is 13.1 Å². The van der Waals surface area contributed by atoms with E-state index < -0.39 is 0 Å². The van der Waals surface area contributed by atoms with Gasteiger partial charge in [0.25, 0.3) is 0 Å². The maximum absolute atomic E-state index is 9.30. The fourth-order valence-corrected chi connectivity index (χ4v) is 3.71. The highest BCUT2D eigenvalue weighted by Gasteiger charge is 2.36. The van der Waals surface area contributed by atoms with E-state index in [1.165, 1.54) is 45.2 Å². The quantitative estimate of drug-likeness (QED) is 0.748. The van der Waals surface area contributed by atoms with Crippen LogP contribution in [-0.2, 0) is 0 Å². The molecule has 0 radical (unpaired) electrons. The summed E-state index contributed by atoms with van der Waals surface area (Å²) in [5.74, 6) is 2.01. The smallest absolute Gasteiger partial charge is 0.0672 e. The Kier molecular flexibility index (Phi) is 4.45. The molecule has 2 aliphatic rings. The van der Waals surface area contributed by atoms with E-state index in [9.17, 15) is 5.26 Å². The van der Waals surface area contributed by atoms with Crippen molar-refractivity contribution in [1.82, 2.24) is 4.90 Å². The van der Waals surface area contributed by atoms with Crippen LogP contribution in [0.4, 0.5) is 0 Å². The molecule has 1 saturated heterocycles. The molecule has 0 aromatic carbocycles. The highest BCUT2D eigenvalue weighted by molar-refractivity contribution is 4.98. The number of likely N-dealkylation sites (tertiary alicyclic amines) is 1. The van der Waals surface area contributed by atoms with E-state index in [1.54, 1.807) is 0 Å². The summed E-state index contributed by atoms with van der Waals surface area (Å²) in [7, 11) is 0. The Bertz CT molecular complexity index is 281. The van der Waals surface area contributed by atoms with Gasteiger partial charge < -0.3 is 0 Å². The maximum atomic E-state index is 9.30. The van der Waals surface area contributed by atoms with E-state index in [4.69, 9.17) is 0 Å². The van der Waals surface area contributed by atoms with Crippen molar-refractivity contribution >= 4 is 0 Å². The van der Waals surface area contributed by atoms with Gasteiger partial charge in [-0.3, -0.25) is 4.90 Å². The largest absolute Gasteiger partial charge is 0.299 e. The number of nitrogens with zero attached hydrogens (tertiary/aromatic N) is 2. The fraction of sp³-hybridized carbons (Fsp3) is 0.933. The molecule has 0 aromatic heterocycles. The molecule has 1 aliphatic carbocycles. The molecule has 0 spiro atoms. The lowest BCUT2D eigenvalue weighted by Gasteiger charge is -2.37. The van der Waals surface area contributed by atoms with Gasteiger partial charge in [0, 0.05) is 12.6 Å². The van der Waals surface area contributed by atoms with Crippen molar-refractivity contribution in [3.8, 4) is 6.07 Å².